The van der Waals surface area contributed by atoms with E-state index in [4.69, 9.17) is 14.2 Å². The number of amides is 2. The summed E-state index contributed by atoms with van der Waals surface area (Å²) in [5, 5.41) is 2.90. The quantitative estimate of drug-likeness (QED) is 0.449. The van der Waals surface area contributed by atoms with E-state index in [0.717, 1.165) is 5.56 Å². The second kappa shape index (κ2) is 10.8. The maximum Gasteiger partial charge on any atom is 0.359 e. The third-order valence-corrected chi connectivity index (χ3v) is 6.33. The molecule has 11 nitrogen and oxygen atoms in total. The molecule has 0 fully saturated rings. The fourth-order valence-electron chi connectivity index (χ4n) is 4.48. The minimum atomic E-state index is -1.46. The van der Waals surface area contributed by atoms with Gasteiger partial charge < -0.3 is 24.1 Å². The standard InChI is InChI=1S/C27H28N4O7/c1-5-38-24(33)17-10-8-11-19(13-17)31-23(32)22-21(25(34)37-4)29-16-30(22)15-27(31,2)26(35)28-14-18-9-6-7-12-20(18)36-3/h6-13,16H,5,14-15H2,1-4H3,(H,28,35)/t27-/m0/s1. The minimum Gasteiger partial charge on any atom is -0.496 e. The number of nitrogens with zero attached hydrogens (tertiary/aromatic N) is 3. The zero-order valence-corrected chi connectivity index (χ0v) is 21.5. The van der Waals surface area contributed by atoms with Crippen molar-refractivity contribution in [1.29, 1.82) is 0 Å². The molecule has 2 heterocycles. The van der Waals surface area contributed by atoms with Gasteiger partial charge in [-0.3, -0.25) is 14.5 Å². The summed E-state index contributed by atoms with van der Waals surface area (Å²) in [5.41, 5.74) is -0.414. The first kappa shape index (κ1) is 26.4. The van der Waals surface area contributed by atoms with Crippen LogP contribution < -0.4 is 15.0 Å². The van der Waals surface area contributed by atoms with Crippen LogP contribution in [0.5, 0.6) is 5.75 Å². The van der Waals surface area contributed by atoms with E-state index >= 15 is 0 Å². The van der Waals surface area contributed by atoms with Gasteiger partial charge in [0.05, 0.1) is 39.3 Å². The van der Waals surface area contributed by atoms with Crippen LogP contribution in [-0.4, -0.2) is 59.7 Å². The van der Waals surface area contributed by atoms with Crippen molar-refractivity contribution in [2.45, 2.75) is 32.5 Å². The first-order valence-electron chi connectivity index (χ1n) is 11.9. The fraction of sp³-hybridized carbons (Fsp3) is 0.296. The number of benzene rings is 2. The van der Waals surface area contributed by atoms with Crippen LogP contribution in [0.2, 0.25) is 0 Å². The third-order valence-electron chi connectivity index (χ3n) is 6.33. The van der Waals surface area contributed by atoms with Crippen molar-refractivity contribution >= 4 is 29.4 Å². The predicted octanol–water partition coefficient (Wildman–Crippen LogP) is 2.59. The van der Waals surface area contributed by atoms with Crippen molar-refractivity contribution in [2.75, 3.05) is 25.7 Å². The van der Waals surface area contributed by atoms with E-state index in [1.807, 2.05) is 18.2 Å². The van der Waals surface area contributed by atoms with Crippen LogP contribution in [0.1, 0.15) is 50.7 Å². The molecule has 0 radical (unpaired) electrons. The largest absolute Gasteiger partial charge is 0.496 e. The van der Waals surface area contributed by atoms with Gasteiger partial charge in [0.1, 0.15) is 17.0 Å². The number of nitrogens with one attached hydrogen (secondary N) is 1. The number of carbonyl (C=O) groups is 4. The van der Waals surface area contributed by atoms with Crippen molar-refractivity contribution in [2.24, 2.45) is 0 Å². The van der Waals surface area contributed by atoms with Gasteiger partial charge in [-0.15, -0.1) is 0 Å². The lowest BCUT2D eigenvalue weighted by Crippen LogP contribution is -2.64. The third kappa shape index (κ3) is 4.70. The summed E-state index contributed by atoms with van der Waals surface area (Å²) >= 11 is 0. The summed E-state index contributed by atoms with van der Waals surface area (Å²) in [6.45, 7) is 3.61. The molecule has 3 aromatic rings. The van der Waals surface area contributed by atoms with E-state index < -0.39 is 29.3 Å². The van der Waals surface area contributed by atoms with Gasteiger partial charge in [0.2, 0.25) is 5.91 Å². The summed E-state index contributed by atoms with van der Waals surface area (Å²) in [6.07, 6.45) is 1.33. The number of ether oxygens (including phenoxy) is 3. The Morgan fingerprint density at radius 3 is 2.55 bits per heavy atom. The van der Waals surface area contributed by atoms with Crippen molar-refractivity contribution in [1.82, 2.24) is 14.9 Å². The second-order valence-electron chi connectivity index (χ2n) is 8.74. The van der Waals surface area contributed by atoms with E-state index in [1.165, 1.54) is 29.0 Å². The maximum absolute atomic E-state index is 14.0. The summed E-state index contributed by atoms with van der Waals surface area (Å²) in [7, 11) is 2.73. The van der Waals surface area contributed by atoms with Gasteiger partial charge in [0.15, 0.2) is 5.69 Å². The monoisotopic (exact) mass is 520 g/mol. The Balaban J connectivity index is 1.77. The van der Waals surface area contributed by atoms with Gasteiger partial charge in [-0.25, -0.2) is 14.6 Å². The molecule has 0 saturated heterocycles. The molecule has 4 rings (SSSR count). The van der Waals surface area contributed by atoms with E-state index in [1.54, 1.807) is 45.2 Å². The van der Waals surface area contributed by atoms with Crippen LogP contribution >= 0.6 is 0 Å². The number of hydrogen-bond acceptors (Lipinski definition) is 8. The lowest BCUT2D eigenvalue weighted by atomic mass is 9.93. The van der Waals surface area contributed by atoms with Crippen LogP contribution in [0.15, 0.2) is 54.9 Å². The minimum absolute atomic E-state index is 0.0144. The molecule has 11 heteroatoms. The number of methoxy groups -OCH3 is 2. The van der Waals surface area contributed by atoms with Crippen LogP contribution in [0.25, 0.3) is 0 Å². The molecule has 38 heavy (non-hydrogen) atoms. The lowest BCUT2D eigenvalue weighted by molar-refractivity contribution is -0.126. The number of carbonyl (C=O) groups excluding carboxylic acids is 4. The van der Waals surface area contributed by atoms with Crippen LogP contribution in [0, 0.1) is 0 Å². The number of hydrogen-bond donors (Lipinski definition) is 1. The SMILES string of the molecule is CCOC(=O)c1cccc(N2C(=O)c3c(C(=O)OC)ncn3C[C@@]2(C)C(=O)NCc2ccccc2OC)c1. The van der Waals surface area contributed by atoms with Gasteiger partial charge in [0.25, 0.3) is 5.91 Å². The highest BCUT2D eigenvalue weighted by molar-refractivity contribution is 6.15. The Kier molecular flexibility index (Phi) is 7.47. The molecule has 0 bridgehead atoms. The molecule has 1 aliphatic rings. The number of para-hydroxylation sites is 1. The van der Waals surface area contributed by atoms with E-state index in [9.17, 15) is 19.2 Å². The smallest absolute Gasteiger partial charge is 0.359 e. The molecule has 1 aliphatic heterocycles. The normalized spacial score (nSPS) is 16.4. The van der Waals surface area contributed by atoms with Gasteiger partial charge in [-0.1, -0.05) is 24.3 Å². The van der Waals surface area contributed by atoms with Gasteiger partial charge in [-0.05, 0) is 38.1 Å². The van der Waals surface area contributed by atoms with Crippen LogP contribution in [-0.2, 0) is 27.4 Å². The highest BCUT2D eigenvalue weighted by atomic mass is 16.5. The Labute approximate surface area is 219 Å². The summed E-state index contributed by atoms with van der Waals surface area (Å²) < 4.78 is 16.7. The van der Waals surface area contributed by atoms with E-state index in [-0.39, 0.29) is 42.3 Å². The van der Waals surface area contributed by atoms with Gasteiger partial charge in [0, 0.05) is 17.8 Å². The first-order chi connectivity index (χ1) is 18.2. The molecule has 2 aromatic carbocycles. The molecule has 1 N–H and O–H groups in total. The second-order valence-corrected chi connectivity index (χ2v) is 8.74. The maximum atomic E-state index is 14.0. The Morgan fingerprint density at radius 1 is 1.08 bits per heavy atom. The van der Waals surface area contributed by atoms with Gasteiger partial charge >= 0.3 is 11.9 Å². The first-order valence-corrected chi connectivity index (χ1v) is 11.9. The number of rotatable bonds is 8. The topological polar surface area (TPSA) is 129 Å². The molecule has 1 aromatic heterocycles. The van der Waals surface area contributed by atoms with Crippen LogP contribution in [0.4, 0.5) is 5.69 Å². The number of imidazole rings is 1. The number of fused-ring (bicyclic) bond motifs is 1. The van der Waals surface area contributed by atoms with Crippen molar-refractivity contribution in [3.63, 3.8) is 0 Å². The fourth-order valence-corrected chi connectivity index (χ4v) is 4.48. The van der Waals surface area contributed by atoms with Crippen LogP contribution in [0.3, 0.4) is 0 Å². The zero-order chi connectivity index (χ0) is 27.4. The number of anilines is 1. The van der Waals surface area contributed by atoms with E-state index in [2.05, 4.69) is 10.3 Å². The predicted molar refractivity (Wildman–Crippen MR) is 136 cm³/mol. The highest BCUT2D eigenvalue weighted by Crippen LogP contribution is 2.34. The Morgan fingerprint density at radius 2 is 1.84 bits per heavy atom. The molecule has 1 atom stereocenters. The Hall–Kier alpha value is -4.67. The number of aromatic nitrogens is 2. The summed E-state index contributed by atoms with van der Waals surface area (Å²) in [4.78, 5) is 57.9. The summed E-state index contributed by atoms with van der Waals surface area (Å²) in [6, 6.07) is 13.5. The average molecular weight is 521 g/mol. The average Bonchev–Trinajstić information content (AvgIpc) is 3.35. The van der Waals surface area contributed by atoms with Crippen molar-refractivity contribution < 1.29 is 33.4 Å². The molecule has 2 amide bonds. The van der Waals surface area contributed by atoms with Crippen molar-refractivity contribution in [3.8, 4) is 5.75 Å². The van der Waals surface area contributed by atoms with Crippen molar-refractivity contribution in [3.05, 3.63) is 77.4 Å². The lowest BCUT2D eigenvalue weighted by Gasteiger charge is -2.43. The molecule has 0 saturated carbocycles. The van der Waals surface area contributed by atoms with E-state index in [0.29, 0.717) is 5.75 Å². The molecule has 0 aliphatic carbocycles. The molecular formula is C27H28N4O7. The molecule has 0 spiro atoms. The summed E-state index contributed by atoms with van der Waals surface area (Å²) in [5.74, 6) is -1.85. The van der Waals surface area contributed by atoms with Gasteiger partial charge in [-0.2, -0.15) is 0 Å². The Bertz CT molecular complexity index is 1400. The molecule has 198 valence electrons. The molecule has 0 unspecified atom stereocenters. The molecular weight excluding hydrogens is 492 g/mol. The number of esters is 2. The zero-order valence-electron chi connectivity index (χ0n) is 21.5. The highest BCUT2D eigenvalue weighted by Gasteiger charge is 2.50.